The average Bonchev–Trinajstić information content (AvgIpc) is 3.44. The predicted molar refractivity (Wildman–Crippen MR) is 136 cm³/mol. The highest BCUT2D eigenvalue weighted by Gasteiger charge is 2.25. The average molecular weight is 532 g/mol. The van der Waals surface area contributed by atoms with E-state index in [4.69, 9.17) is 9.41 Å². The number of hydrogen-bond donors (Lipinski definition) is 2. The molecule has 2 unspecified atom stereocenters. The number of piperidine rings is 1. The van der Waals surface area contributed by atoms with Crippen molar-refractivity contribution < 1.29 is 4.42 Å². The molecule has 1 aromatic heterocycles. The van der Waals surface area contributed by atoms with Crippen LogP contribution in [0.4, 0.5) is 0 Å². The van der Waals surface area contributed by atoms with Crippen LogP contribution in [0.15, 0.2) is 27.8 Å². The molecule has 0 bridgehead atoms. The van der Waals surface area contributed by atoms with Crippen molar-refractivity contribution in [3.8, 4) is 0 Å². The third-order valence-corrected chi connectivity index (χ3v) is 6.32. The van der Waals surface area contributed by atoms with Crippen LogP contribution >= 0.6 is 24.0 Å². The Morgan fingerprint density at radius 3 is 2.67 bits per heavy atom. The van der Waals surface area contributed by atoms with Crippen molar-refractivity contribution in [3.05, 3.63) is 24.2 Å². The molecule has 1 aromatic rings. The van der Waals surface area contributed by atoms with Gasteiger partial charge in [0.25, 0.3) is 0 Å². The number of hydrogen-bond acceptors (Lipinski definition) is 4. The number of guanidine groups is 1. The lowest BCUT2D eigenvalue weighted by atomic mass is 10.0. The molecule has 6 nitrogen and oxygen atoms in total. The van der Waals surface area contributed by atoms with Gasteiger partial charge in [0.1, 0.15) is 5.76 Å². The van der Waals surface area contributed by atoms with E-state index >= 15 is 0 Å². The Bertz CT molecular complexity index is 588. The maximum absolute atomic E-state index is 5.72. The second-order valence-electron chi connectivity index (χ2n) is 8.51. The number of furan rings is 1. The molecule has 172 valence electrons. The van der Waals surface area contributed by atoms with E-state index in [1.165, 1.54) is 58.0 Å². The smallest absolute Gasteiger partial charge is 0.191 e. The number of unbranched alkanes of at least 4 members (excludes halogenated alkanes) is 1. The van der Waals surface area contributed by atoms with E-state index in [-0.39, 0.29) is 30.0 Å². The summed E-state index contributed by atoms with van der Waals surface area (Å²) in [6, 6.07) is 5.07. The number of aliphatic imine (C=N–C) groups is 1. The first-order chi connectivity index (χ1) is 14.3. The summed E-state index contributed by atoms with van der Waals surface area (Å²) in [4.78, 5) is 10.1. The molecule has 2 fully saturated rings. The summed E-state index contributed by atoms with van der Waals surface area (Å²) in [6.07, 6.45) is 10.9. The minimum Gasteiger partial charge on any atom is -0.468 e. The van der Waals surface area contributed by atoms with Crippen LogP contribution in [0.1, 0.15) is 70.6 Å². The molecule has 2 aliphatic heterocycles. The van der Waals surface area contributed by atoms with Crippen LogP contribution in [0.3, 0.4) is 0 Å². The van der Waals surface area contributed by atoms with Gasteiger partial charge in [-0.1, -0.05) is 6.42 Å². The predicted octanol–water partition coefficient (Wildman–Crippen LogP) is 4.24. The Hall–Kier alpha value is -0.800. The van der Waals surface area contributed by atoms with Gasteiger partial charge in [-0.25, -0.2) is 0 Å². The van der Waals surface area contributed by atoms with E-state index < -0.39 is 0 Å². The molecule has 0 spiro atoms. The van der Waals surface area contributed by atoms with Crippen molar-refractivity contribution in [1.29, 1.82) is 0 Å². The van der Waals surface area contributed by atoms with Gasteiger partial charge >= 0.3 is 0 Å². The van der Waals surface area contributed by atoms with Crippen molar-refractivity contribution in [3.63, 3.8) is 0 Å². The highest BCUT2D eigenvalue weighted by atomic mass is 127. The number of halogens is 1. The second-order valence-corrected chi connectivity index (χ2v) is 8.51. The van der Waals surface area contributed by atoms with Crippen molar-refractivity contribution in [1.82, 2.24) is 20.4 Å². The van der Waals surface area contributed by atoms with E-state index in [2.05, 4.69) is 40.3 Å². The quantitative estimate of drug-likeness (QED) is 0.205. The van der Waals surface area contributed by atoms with Gasteiger partial charge in [-0.3, -0.25) is 9.89 Å². The van der Waals surface area contributed by atoms with Gasteiger partial charge in [0, 0.05) is 19.1 Å². The fourth-order valence-corrected chi connectivity index (χ4v) is 4.58. The Labute approximate surface area is 200 Å². The Balaban J connectivity index is 0.00000320. The van der Waals surface area contributed by atoms with Gasteiger partial charge in [-0.15, -0.1) is 24.0 Å². The highest BCUT2D eigenvalue weighted by Crippen LogP contribution is 2.25. The molecule has 0 amide bonds. The molecule has 7 heteroatoms. The van der Waals surface area contributed by atoms with Crippen LogP contribution < -0.4 is 10.6 Å². The molecule has 2 saturated heterocycles. The molecular formula is C23H42IN5O. The van der Waals surface area contributed by atoms with Crippen molar-refractivity contribution >= 4 is 29.9 Å². The normalized spacial score (nSPS) is 21.9. The van der Waals surface area contributed by atoms with Crippen molar-refractivity contribution in [2.24, 2.45) is 4.99 Å². The SMILES string of the molecule is CCNC(=NCC(c1ccco1)N1CCCC1)NCCCCN1CCCCC1C.I. The Morgan fingerprint density at radius 2 is 1.97 bits per heavy atom. The van der Waals surface area contributed by atoms with E-state index in [9.17, 15) is 0 Å². The van der Waals surface area contributed by atoms with Crippen LogP contribution in [0, 0.1) is 0 Å². The van der Waals surface area contributed by atoms with Gasteiger partial charge in [0.05, 0.1) is 18.8 Å². The number of nitrogens with one attached hydrogen (secondary N) is 2. The molecule has 0 radical (unpaired) electrons. The summed E-state index contributed by atoms with van der Waals surface area (Å²) in [7, 11) is 0. The zero-order valence-corrected chi connectivity index (χ0v) is 21.3. The summed E-state index contributed by atoms with van der Waals surface area (Å²) in [6.45, 7) is 11.9. The fourth-order valence-electron chi connectivity index (χ4n) is 4.58. The van der Waals surface area contributed by atoms with Crippen LogP contribution in [0.25, 0.3) is 0 Å². The Kier molecular flexibility index (Phi) is 12.1. The molecule has 2 atom stereocenters. The lowest BCUT2D eigenvalue weighted by molar-refractivity contribution is 0.158. The minimum atomic E-state index is 0. The minimum absolute atomic E-state index is 0. The molecule has 3 heterocycles. The summed E-state index contributed by atoms with van der Waals surface area (Å²) in [5.41, 5.74) is 0. The zero-order valence-electron chi connectivity index (χ0n) is 18.9. The molecule has 2 N–H and O–H groups in total. The van der Waals surface area contributed by atoms with E-state index in [1.807, 2.05) is 6.07 Å². The topological polar surface area (TPSA) is 56.0 Å². The third-order valence-electron chi connectivity index (χ3n) is 6.32. The summed E-state index contributed by atoms with van der Waals surface area (Å²) < 4.78 is 5.72. The Morgan fingerprint density at radius 1 is 1.17 bits per heavy atom. The van der Waals surface area contributed by atoms with Gasteiger partial charge in [-0.2, -0.15) is 0 Å². The molecule has 0 saturated carbocycles. The van der Waals surface area contributed by atoms with E-state index in [1.54, 1.807) is 6.26 Å². The fraction of sp³-hybridized carbons (Fsp3) is 0.783. The second kappa shape index (κ2) is 14.3. The maximum Gasteiger partial charge on any atom is 0.191 e. The van der Waals surface area contributed by atoms with Crippen LogP contribution in [0.5, 0.6) is 0 Å². The van der Waals surface area contributed by atoms with Gasteiger partial charge in [0.2, 0.25) is 0 Å². The number of likely N-dealkylation sites (tertiary alicyclic amines) is 2. The standard InChI is InChI=1S/C23H41N5O.HI/c1-3-24-23(25-13-5-7-15-27-14-6-4-11-20(27)2)26-19-21(22-12-10-18-29-22)28-16-8-9-17-28;/h10,12,18,20-21H,3-9,11,13-17,19H2,1-2H3,(H2,24,25,26);1H. The van der Waals surface area contributed by atoms with Gasteiger partial charge in [-0.05, 0) is 90.7 Å². The molecule has 30 heavy (non-hydrogen) atoms. The van der Waals surface area contributed by atoms with Gasteiger partial charge in [0.15, 0.2) is 5.96 Å². The van der Waals surface area contributed by atoms with Crippen LogP contribution in [-0.2, 0) is 0 Å². The third kappa shape index (κ3) is 8.04. The van der Waals surface area contributed by atoms with Gasteiger partial charge < -0.3 is 20.0 Å². The molecule has 0 aliphatic carbocycles. The molecule has 3 rings (SSSR count). The molecule has 2 aliphatic rings. The van der Waals surface area contributed by atoms with Crippen molar-refractivity contribution in [2.45, 2.75) is 70.9 Å². The summed E-state index contributed by atoms with van der Waals surface area (Å²) >= 11 is 0. The summed E-state index contributed by atoms with van der Waals surface area (Å²) in [5.74, 6) is 1.96. The first-order valence-electron chi connectivity index (χ1n) is 11.8. The molecule has 0 aromatic carbocycles. The first kappa shape index (κ1) is 25.5. The van der Waals surface area contributed by atoms with Crippen LogP contribution in [-0.4, -0.2) is 67.6 Å². The van der Waals surface area contributed by atoms with E-state index in [0.29, 0.717) is 0 Å². The molecular weight excluding hydrogens is 489 g/mol. The highest BCUT2D eigenvalue weighted by molar-refractivity contribution is 14.0. The largest absolute Gasteiger partial charge is 0.468 e. The number of nitrogens with zero attached hydrogens (tertiary/aromatic N) is 3. The van der Waals surface area contributed by atoms with Crippen molar-refractivity contribution in [2.75, 3.05) is 45.8 Å². The number of rotatable bonds is 10. The lowest BCUT2D eigenvalue weighted by Crippen LogP contribution is -2.40. The monoisotopic (exact) mass is 531 g/mol. The summed E-state index contributed by atoms with van der Waals surface area (Å²) in [5, 5.41) is 6.93. The zero-order chi connectivity index (χ0) is 20.3. The lowest BCUT2D eigenvalue weighted by Gasteiger charge is -2.33. The van der Waals surface area contributed by atoms with Crippen LogP contribution in [0.2, 0.25) is 0 Å². The first-order valence-corrected chi connectivity index (χ1v) is 11.8. The maximum atomic E-state index is 5.72. The van der Waals surface area contributed by atoms with E-state index in [0.717, 1.165) is 50.5 Å².